The summed E-state index contributed by atoms with van der Waals surface area (Å²) in [7, 11) is 0. The number of esters is 1. The van der Waals surface area contributed by atoms with Gasteiger partial charge in [0.05, 0.1) is 18.2 Å². The molecule has 0 N–H and O–H groups in total. The standard InChI is InChI=1S/C22H21BrClNO5/c1-3-27-20-13-15(11-16(14-25)22(26)28-4-2)12-19(24)21(20)30-10-9-29-18-7-5-17(23)6-8-18/h5-8,11-13H,3-4,9-10H2,1-2H3. The van der Waals surface area contributed by atoms with Crippen LogP contribution in [0.4, 0.5) is 0 Å². The van der Waals surface area contributed by atoms with Crippen molar-refractivity contribution in [2.24, 2.45) is 0 Å². The lowest BCUT2D eigenvalue weighted by Gasteiger charge is -2.15. The van der Waals surface area contributed by atoms with Gasteiger partial charge in [-0.2, -0.15) is 5.26 Å². The Labute approximate surface area is 189 Å². The van der Waals surface area contributed by atoms with E-state index in [1.165, 1.54) is 6.08 Å². The van der Waals surface area contributed by atoms with Crippen LogP contribution in [0.2, 0.25) is 5.02 Å². The topological polar surface area (TPSA) is 77.8 Å². The number of nitriles is 1. The predicted octanol–water partition coefficient (Wildman–Crippen LogP) is 5.43. The second-order valence-electron chi connectivity index (χ2n) is 5.80. The quantitative estimate of drug-likeness (QED) is 0.190. The van der Waals surface area contributed by atoms with Gasteiger partial charge >= 0.3 is 5.97 Å². The highest BCUT2D eigenvalue weighted by atomic mass is 79.9. The first-order valence-electron chi connectivity index (χ1n) is 9.24. The third-order valence-corrected chi connectivity index (χ3v) is 4.48. The Balaban J connectivity index is 2.12. The lowest BCUT2D eigenvalue weighted by atomic mass is 10.1. The summed E-state index contributed by atoms with van der Waals surface area (Å²) in [5, 5.41) is 9.50. The van der Waals surface area contributed by atoms with Gasteiger partial charge in [-0.05, 0) is 61.9 Å². The van der Waals surface area contributed by atoms with E-state index < -0.39 is 5.97 Å². The molecule has 6 nitrogen and oxygen atoms in total. The van der Waals surface area contributed by atoms with E-state index >= 15 is 0 Å². The molecule has 158 valence electrons. The second-order valence-corrected chi connectivity index (χ2v) is 7.13. The summed E-state index contributed by atoms with van der Waals surface area (Å²) in [6, 6.07) is 12.5. The van der Waals surface area contributed by atoms with Crippen LogP contribution in [-0.2, 0) is 9.53 Å². The van der Waals surface area contributed by atoms with E-state index in [9.17, 15) is 10.1 Å². The van der Waals surface area contributed by atoms with Crippen LogP contribution in [0.5, 0.6) is 17.2 Å². The zero-order valence-corrected chi connectivity index (χ0v) is 19.0. The molecule has 0 spiro atoms. The van der Waals surface area contributed by atoms with Gasteiger partial charge in [-0.1, -0.05) is 27.5 Å². The van der Waals surface area contributed by atoms with Gasteiger partial charge < -0.3 is 18.9 Å². The van der Waals surface area contributed by atoms with Crippen LogP contribution in [0, 0.1) is 11.3 Å². The molecule has 2 aromatic rings. The van der Waals surface area contributed by atoms with Gasteiger partial charge in [0.2, 0.25) is 0 Å². The Morgan fingerprint density at radius 3 is 2.43 bits per heavy atom. The zero-order chi connectivity index (χ0) is 21.9. The molecule has 0 saturated carbocycles. The SMILES string of the molecule is CCOC(=O)C(C#N)=Cc1cc(Cl)c(OCCOc2ccc(Br)cc2)c(OCC)c1. The summed E-state index contributed by atoms with van der Waals surface area (Å²) in [6.07, 6.45) is 1.40. The van der Waals surface area contributed by atoms with Crippen LogP contribution >= 0.6 is 27.5 Å². The van der Waals surface area contributed by atoms with E-state index in [4.69, 9.17) is 30.5 Å². The minimum atomic E-state index is -0.695. The Morgan fingerprint density at radius 1 is 1.10 bits per heavy atom. The van der Waals surface area contributed by atoms with Crippen LogP contribution in [0.15, 0.2) is 46.4 Å². The van der Waals surface area contributed by atoms with Crippen LogP contribution in [-0.4, -0.2) is 32.4 Å². The van der Waals surface area contributed by atoms with Gasteiger partial charge in [0.1, 0.15) is 30.6 Å². The first kappa shape index (κ1) is 23.6. The van der Waals surface area contributed by atoms with E-state index in [1.807, 2.05) is 37.3 Å². The number of rotatable bonds is 10. The number of halogens is 2. The largest absolute Gasteiger partial charge is 0.490 e. The number of nitrogens with zero attached hydrogens (tertiary/aromatic N) is 1. The minimum absolute atomic E-state index is 0.132. The van der Waals surface area contributed by atoms with Crippen molar-refractivity contribution in [3.05, 3.63) is 57.0 Å². The lowest BCUT2D eigenvalue weighted by Crippen LogP contribution is -2.10. The molecule has 0 heterocycles. The molecule has 0 aromatic heterocycles. The van der Waals surface area contributed by atoms with E-state index in [1.54, 1.807) is 19.1 Å². The van der Waals surface area contributed by atoms with Gasteiger partial charge in [0, 0.05) is 4.47 Å². The molecule has 0 fully saturated rings. The van der Waals surface area contributed by atoms with Gasteiger partial charge in [-0.15, -0.1) is 0 Å². The first-order valence-corrected chi connectivity index (χ1v) is 10.4. The first-order chi connectivity index (χ1) is 14.5. The summed E-state index contributed by atoms with van der Waals surface area (Å²) in [6.45, 7) is 4.62. The fourth-order valence-corrected chi connectivity index (χ4v) is 2.96. The molecule has 2 rings (SSSR count). The Hall–Kier alpha value is -2.69. The van der Waals surface area contributed by atoms with Crippen LogP contribution in [0.3, 0.4) is 0 Å². The highest BCUT2D eigenvalue weighted by Gasteiger charge is 2.15. The minimum Gasteiger partial charge on any atom is -0.490 e. The number of benzene rings is 2. The second kappa shape index (κ2) is 12.1. The van der Waals surface area contributed by atoms with Crippen molar-refractivity contribution >= 4 is 39.6 Å². The Morgan fingerprint density at radius 2 is 1.80 bits per heavy atom. The Bertz CT molecular complexity index is 938. The van der Waals surface area contributed by atoms with Crippen molar-refractivity contribution < 1.29 is 23.7 Å². The average Bonchev–Trinajstić information content (AvgIpc) is 2.72. The highest BCUT2D eigenvalue weighted by Crippen LogP contribution is 2.37. The molecule has 0 amide bonds. The fourth-order valence-electron chi connectivity index (χ4n) is 2.42. The maximum Gasteiger partial charge on any atom is 0.348 e. The maximum atomic E-state index is 11.8. The number of carbonyl (C=O) groups excluding carboxylic acids is 1. The van der Waals surface area contributed by atoms with Gasteiger partial charge in [0.25, 0.3) is 0 Å². The molecule has 0 radical (unpaired) electrons. The van der Waals surface area contributed by atoms with Crippen LogP contribution in [0.1, 0.15) is 19.4 Å². The average molecular weight is 495 g/mol. The number of hydrogen-bond acceptors (Lipinski definition) is 6. The van der Waals surface area contributed by atoms with E-state index in [0.717, 1.165) is 10.2 Å². The molecule has 0 aliphatic carbocycles. The highest BCUT2D eigenvalue weighted by molar-refractivity contribution is 9.10. The number of carbonyl (C=O) groups is 1. The molecule has 0 aliphatic heterocycles. The van der Waals surface area contributed by atoms with Gasteiger partial charge in [-0.3, -0.25) is 0 Å². The van der Waals surface area contributed by atoms with Crippen molar-refractivity contribution in [2.45, 2.75) is 13.8 Å². The smallest absolute Gasteiger partial charge is 0.348 e. The van der Waals surface area contributed by atoms with Crippen molar-refractivity contribution in [1.82, 2.24) is 0 Å². The molecule has 8 heteroatoms. The van der Waals surface area contributed by atoms with E-state index in [-0.39, 0.29) is 23.8 Å². The molecule has 0 saturated heterocycles. The van der Waals surface area contributed by atoms with Crippen molar-refractivity contribution in [1.29, 1.82) is 5.26 Å². The fraction of sp³-hybridized carbons (Fsp3) is 0.273. The Kier molecular flexibility index (Phi) is 9.52. The summed E-state index contributed by atoms with van der Waals surface area (Å²) >= 11 is 9.74. The summed E-state index contributed by atoms with van der Waals surface area (Å²) in [5.74, 6) is 0.798. The lowest BCUT2D eigenvalue weighted by molar-refractivity contribution is -0.137. The summed E-state index contributed by atoms with van der Waals surface area (Å²) in [5.41, 5.74) is 0.387. The van der Waals surface area contributed by atoms with Crippen molar-refractivity contribution in [3.8, 4) is 23.3 Å². The van der Waals surface area contributed by atoms with Crippen molar-refractivity contribution in [2.75, 3.05) is 26.4 Å². The number of ether oxygens (including phenoxy) is 4. The van der Waals surface area contributed by atoms with Crippen molar-refractivity contribution in [3.63, 3.8) is 0 Å². The van der Waals surface area contributed by atoms with Gasteiger partial charge in [0.15, 0.2) is 11.5 Å². The molecule has 2 aromatic carbocycles. The predicted molar refractivity (Wildman–Crippen MR) is 118 cm³/mol. The number of hydrogen-bond donors (Lipinski definition) is 0. The molecule has 0 unspecified atom stereocenters. The molecular weight excluding hydrogens is 474 g/mol. The third-order valence-electron chi connectivity index (χ3n) is 3.67. The molecular formula is C22H21BrClNO5. The molecule has 0 atom stereocenters. The summed E-state index contributed by atoms with van der Waals surface area (Å²) in [4.78, 5) is 11.8. The zero-order valence-electron chi connectivity index (χ0n) is 16.6. The van der Waals surface area contributed by atoms with E-state index in [0.29, 0.717) is 30.3 Å². The maximum absolute atomic E-state index is 11.8. The van der Waals surface area contributed by atoms with Crippen LogP contribution < -0.4 is 14.2 Å². The van der Waals surface area contributed by atoms with Gasteiger partial charge in [-0.25, -0.2) is 4.79 Å². The third kappa shape index (κ3) is 6.97. The molecule has 0 aliphatic rings. The van der Waals surface area contributed by atoms with E-state index in [2.05, 4.69) is 15.9 Å². The normalized spacial score (nSPS) is 10.8. The molecule has 30 heavy (non-hydrogen) atoms. The summed E-state index contributed by atoms with van der Waals surface area (Å²) < 4.78 is 22.9. The van der Waals surface area contributed by atoms with Crippen LogP contribution in [0.25, 0.3) is 6.08 Å². The molecule has 0 bridgehead atoms. The monoisotopic (exact) mass is 493 g/mol.